The predicted octanol–water partition coefficient (Wildman–Crippen LogP) is 3.15. The van der Waals surface area contributed by atoms with Gasteiger partial charge in [0.2, 0.25) is 0 Å². The van der Waals surface area contributed by atoms with E-state index in [-0.39, 0.29) is 11.3 Å². The molecule has 0 atom stereocenters. The van der Waals surface area contributed by atoms with Gasteiger partial charge in [0, 0.05) is 29.3 Å². The summed E-state index contributed by atoms with van der Waals surface area (Å²) in [5.41, 5.74) is 7.06. The van der Waals surface area contributed by atoms with Crippen LogP contribution in [0.1, 0.15) is 31.1 Å². The van der Waals surface area contributed by atoms with Crippen LogP contribution in [0.3, 0.4) is 0 Å². The summed E-state index contributed by atoms with van der Waals surface area (Å²) >= 11 is 3.31. The first-order valence-electron chi connectivity index (χ1n) is 5.51. The van der Waals surface area contributed by atoms with Gasteiger partial charge in [-0.05, 0) is 39.5 Å². The molecule has 0 unspecified atom stereocenters. The number of hydrogen-bond acceptors (Lipinski definition) is 2. The fourth-order valence-electron chi connectivity index (χ4n) is 1.68. The number of halogens is 1. The number of nitrogen functional groups attached to an aromatic ring is 1. The summed E-state index contributed by atoms with van der Waals surface area (Å²) in [5, 5.41) is 0. The smallest absolute Gasteiger partial charge is 0.253 e. The van der Waals surface area contributed by atoms with Gasteiger partial charge in [-0.25, -0.2) is 0 Å². The second-order valence-corrected chi connectivity index (χ2v) is 6.31. The van der Waals surface area contributed by atoms with Gasteiger partial charge in [-0.2, -0.15) is 0 Å². The van der Waals surface area contributed by atoms with Crippen molar-refractivity contribution in [1.29, 1.82) is 0 Å². The van der Waals surface area contributed by atoms with E-state index in [4.69, 9.17) is 5.73 Å². The molecular weight excluding hydrogens is 280 g/mol. The Kier molecular flexibility index (Phi) is 4.20. The molecule has 1 rings (SSSR count). The van der Waals surface area contributed by atoms with E-state index in [9.17, 15) is 4.79 Å². The largest absolute Gasteiger partial charge is 0.398 e. The number of benzene rings is 1. The molecule has 0 saturated heterocycles. The van der Waals surface area contributed by atoms with Crippen LogP contribution in [0.4, 0.5) is 5.69 Å². The number of rotatable bonds is 2. The summed E-state index contributed by atoms with van der Waals surface area (Å²) in [6.45, 7) is 7.02. The average molecular weight is 299 g/mol. The van der Waals surface area contributed by atoms with Gasteiger partial charge in [-0.3, -0.25) is 4.79 Å². The zero-order valence-corrected chi connectivity index (χ0v) is 12.3. The molecule has 1 aromatic rings. The van der Waals surface area contributed by atoms with Crippen LogP contribution in [0.2, 0.25) is 0 Å². The van der Waals surface area contributed by atoms with Gasteiger partial charge < -0.3 is 10.6 Å². The molecule has 17 heavy (non-hydrogen) atoms. The lowest BCUT2D eigenvalue weighted by molar-refractivity contribution is 0.0745. The zero-order valence-electron chi connectivity index (χ0n) is 10.7. The Bertz CT molecular complexity index is 424. The van der Waals surface area contributed by atoms with Crippen molar-refractivity contribution in [3.63, 3.8) is 0 Å². The van der Waals surface area contributed by atoms with Crippen LogP contribution in [-0.2, 0) is 0 Å². The first-order valence-corrected chi connectivity index (χ1v) is 6.30. The van der Waals surface area contributed by atoms with Crippen LogP contribution in [0.15, 0.2) is 22.7 Å². The van der Waals surface area contributed by atoms with E-state index in [1.54, 1.807) is 23.1 Å². The zero-order chi connectivity index (χ0) is 13.2. The minimum atomic E-state index is -0.000810. The Morgan fingerprint density at radius 3 is 2.47 bits per heavy atom. The first-order chi connectivity index (χ1) is 7.70. The molecule has 3 nitrogen and oxygen atoms in total. The standard InChI is InChI=1S/C13H19BrN2O/c1-13(2,3)8-16(4)12(17)9-5-6-10(14)11(15)7-9/h5-7H,8,15H2,1-4H3. The maximum Gasteiger partial charge on any atom is 0.253 e. The van der Waals surface area contributed by atoms with Crippen LogP contribution >= 0.6 is 15.9 Å². The summed E-state index contributed by atoms with van der Waals surface area (Å²) in [7, 11) is 1.81. The van der Waals surface area contributed by atoms with Crippen LogP contribution in [0.25, 0.3) is 0 Å². The number of anilines is 1. The fourth-order valence-corrected chi connectivity index (χ4v) is 1.93. The van der Waals surface area contributed by atoms with Gasteiger partial charge in [0.15, 0.2) is 0 Å². The van der Waals surface area contributed by atoms with Crippen molar-refractivity contribution in [1.82, 2.24) is 4.90 Å². The highest BCUT2D eigenvalue weighted by molar-refractivity contribution is 9.10. The van der Waals surface area contributed by atoms with Crippen molar-refractivity contribution in [3.05, 3.63) is 28.2 Å². The number of amides is 1. The quantitative estimate of drug-likeness (QED) is 0.853. The molecule has 2 N–H and O–H groups in total. The van der Waals surface area contributed by atoms with Crippen molar-refractivity contribution in [2.45, 2.75) is 20.8 Å². The Balaban J connectivity index is 2.85. The number of carbonyl (C=O) groups excluding carboxylic acids is 1. The maximum atomic E-state index is 12.1. The molecule has 0 fully saturated rings. The van der Waals surface area contributed by atoms with E-state index in [0.717, 1.165) is 4.47 Å². The Morgan fingerprint density at radius 1 is 1.41 bits per heavy atom. The fraction of sp³-hybridized carbons (Fsp3) is 0.462. The first kappa shape index (κ1) is 14.0. The van der Waals surface area contributed by atoms with Crippen LogP contribution in [0.5, 0.6) is 0 Å². The molecule has 0 aliphatic carbocycles. The minimum Gasteiger partial charge on any atom is -0.398 e. The molecule has 0 spiro atoms. The molecule has 0 bridgehead atoms. The van der Waals surface area contributed by atoms with Crippen molar-refractivity contribution in [2.75, 3.05) is 19.3 Å². The third-order valence-electron chi connectivity index (χ3n) is 2.30. The Morgan fingerprint density at radius 2 is 2.00 bits per heavy atom. The summed E-state index contributed by atoms with van der Waals surface area (Å²) in [5.74, 6) is -0.000810. The van der Waals surface area contributed by atoms with Gasteiger partial charge in [0.25, 0.3) is 5.91 Å². The molecule has 1 aromatic carbocycles. The summed E-state index contributed by atoms with van der Waals surface area (Å²) < 4.78 is 0.813. The molecule has 0 aliphatic heterocycles. The van der Waals surface area contributed by atoms with Gasteiger partial charge in [-0.15, -0.1) is 0 Å². The molecule has 94 valence electrons. The van der Waals surface area contributed by atoms with Crippen molar-refractivity contribution in [2.24, 2.45) is 5.41 Å². The molecule has 0 radical (unpaired) electrons. The average Bonchev–Trinajstić information content (AvgIpc) is 2.18. The Hall–Kier alpha value is -1.03. The van der Waals surface area contributed by atoms with Gasteiger partial charge in [0.05, 0.1) is 0 Å². The van der Waals surface area contributed by atoms with Gasteiger partial charge >= 0.3 is 0 Å². The van der Waals surface area contributed by atoms with E-state index < -0.39 is 0 Å². The monoisotopic (exact) mass is 298 g/mol. The van der Waals surface area contributed by atoms with Crippen molar-refractivity contribution >= 4 is 27.5 Å². The summed E-state index contributed by atoms with van der Waals surface area (Å²) in [6, 6.07) is 5.28. The second-order valence-electron chi connectivity index (χ2n) is 5.46. The molecular formula is C13H19BrN2O. The van der Waals surface area contributed by atoms with E-state index in [0.29, 0.717) is 17.8 Å². The molecule has 0 aromatic heterocycles. The topological polar surface area (TPSA) is 46.3 Å². The number of hydrogen-bond donors (Lipinski definition) is 1. The summed E-state index contributed by atoms with van der Waals surface area (Å²) in [6.07, 6.45) is 0. The van der Waals surface area contributed by atoms with E-state index in [2.05, 4.69) is 36.7 Å². The lowest BCUT2D eigenvalue weighted by Crippen LogP contribution is -2.34. The SMILES string of the molecule is CN(CC(C)(C)C)C(=O)c1ccc(Br)c(N)c1. The van der Waals surface area contributed by atoms with Crippen molar-refractivity contribution in [3.8, 4) is 0 Å². The number of carbonyl (C=O) groups is 1. The molecule has 0 saturated carbocycles. The maximum absolute atomic E-state index is 12.1. The summed E-state index contributed by atoms with van der Waals surface area (Å²) in [4.78, 5) is 13.9. The lowest BCUT2D eigenvalue weighted by atomic mass is 9.96. The van der Waals surface area contributed by atoms with E-state index >= 15 is 0 Å². The second kappa shape index (κ2) is 5.08. The normalized spacial score (nSPS) is 11.4. The van der Waals surface area contributed by atoms with Crippen LogP contribution in [0, 0.1) is 5.41 Å². The number of nitrogens with two attached hydrogens (primary N) is 1. The lowest BCUT2D eigenvalue weighted by Gasteiger charge is -2.26. The predicted molar refractivity (Wildman–Crippen MR) is 75.0 cm³/mol. The molecule has 0 heterocycles. The highest BCUT2D eigenvalue weighted by Gasteiger charge is 2.19. The van der Waals surface area contributed by atoms with E-state index in [1.807, 2.05) is 7.05 Å². The highest BCUT2D eigenvalue weighted by atomic mass is 79.9. The van der Waals surface area contributed by atoms with Gasteiger partial charge in [-0.1, -0.05) is 20.8 Å². The number of nitrogens with zero attached hydrogens (tertiary/aromatic N) is 1. The third kappa shape index (κ3) is 4.04. The molecule has 1 amide bonds. The van der Waals surface area contributed by atoms with Gasteiger partial charge in [0.1, 0.15) is 0 Å². The Labute approximate surface area is 111 Å². The highest BCUT2D eigenvalue weighted by Crippen LogP contribution is 2.22. The van der Waals surface area contributed by atoms with E-state index in [1.165, 1.54) is 0 Å². The van der Waals surface area contributed by atoms with Crippen LogP contribution < -0.4 is 5.73 Å². The third-order valence-corrected chi connectivity index (χ3v) is 3.02. The van der Waals surface area contributed by atoms with Crippen LogP contribution in [-0.4, -0.2) is 24.4 Å². The van der Waals surface area contributed by atoms with Crippen molar-refractivity contribution < 1.29 is 4.79 Å². The molecule has 4 heteroatoms. The minimum absolute atomic E-state index is 0.000810. The molecule has 0 aliphatic rings.